The topological polar surface area (TPSA) is 66.8 Å². The summed E-state index contributed by atoms with van der Waals surface area (Å²) in [5, 5.41) is 11.5. The molecule has 1 N–H and O–H groups in total. The van der Waals surface area contributed by atoms with Gasteiger partial charge < -0.3 is 4.90 Å². The normalized spacial score (nSPS) is 18.9. The molecule has 6 heteroatoms. The summed E-state index contributed by atoms with van der Waals surface area (Å²) in [4.78, 5) is 14.4. The van der Waals surface area contributed by atoms with Crippen LogP contribution < -0.4 is 0 Å². The lowest BCUT2D eigenvalue weighted by Gasteiger charge is -2.16. The van der Waals surface area contributed by atoms with Gasteiger partial charge >= 0.3 is 0 Å². The molecule has 1 fully saturated rings. The van der Waals surface area contributed by atoms with Gasteiger partial charge in [-0.2, -0.15) is 10.2 Å². The fourth-order valence-corrected chi connectivity index (χ4v) is 2.75. The number of carbonyl (C=O) groups is 1. The van der Waals surface area contributed by atoms with Crippen molar-refractivity contribution in [2.75, 3.05) is 13.1 Å². The number of aromatic nitrogens is 4. The minimum Gasteiger partial charge on any atom is -0.335 e. The Bertz CT molecular complexity index is 679. The number of hydrogen-bond acceptors (Lipinski definition) is 3. The van der Waals surface area contributed by atoms with E-state index in [-0.39, 0.29) is 17.4 Å². The number of carbonyl (C=O) groups excluding carboxylic acids is 1. The van der Waals surface area contributed by atoms with Crippen molar-refractivity contribution in [1.29, 1.82) is 0 Å². The zero-order valence-electron chi connectivity index (χ0n) is 13.6. The van der Waals surface area contributed by atoms with Crippen molar-refractivity contribution >= 4 is 5.91 Å². The van der Waals surface area contributed by atoms with E-state index in [0.717, 1.165) is 24.2 Å². The second-order valence-electron chi connectivity index (χ2n) is 7.11. The quantitative estimate of drug-likeness (QED) is 0.925. The highest BCUT2D eigenvalue weighted by Crippen LogP contribution is 2.24. The van der Waals surface area contributed by atoms with Gasteiger partial charge in [-0.25, -0.2) is 0 Å². The first-order valence-electron chi connectivity index (χ1n) is 7.70. The largest absolute Gasteiger partial charge is 0.335 e. The zero-order chi connectivity index (χ0) is 15.9. The summed E-state index contributed by atoms with van der Waals surface area (Å²) in [6.07, 6.45) is 4.82. The van der Waals surface area contributed by atoms with Gasteiger partial charge in [0.2, 0.25) is 0 Å². The molecular formula is C16H23N5O. The number of amides is 1. The molecule has 0 aromatic carbocycles. The highest BCUT2D eigenvalue weighted by molar-refractivity contribution is 5.92. The summed E-state index contributed by atoms with van der Waals surface area (Å²) in [6, 6.07) is 2.13. The molecular weight excluding hydrogens is 278 g/mol. The van der Waals surface area contributed by atoms with Gasteiger partial charge in [0.05, 0.1) is 12.2 Å². The van der Waals surface area contributed by atoms with Crippen LogP contribution in [0.4, 0.5) is 0 Å². The molecule has 1 atom stereocenters. The molecule has 0 bridgehead atoms. The van der Waals surface area contributed by atoms with Gasteiger partial charge in [-0.05, 0) is 25.0 Å². The van der Waals surface area contributed by atoms with Gasteiger partial charge in [-0.3, -0.25) is 14.6 Å². The molecule has 0 saturated carbocycles. The summed E-state index contributed by atoms with van der Waals surface area (Å²) in [6.45, 7) is 9.76. The van der Waals surface area contributed by atoms with Gasteiger partial charge in [-0.15, -0.1) is 0 Å². The second-order valence-corrected chi connectivity index (χ2v) is 7.11. The van der Waals surface area contributed by atoms with E-state index in [4.69, 9.17) is 0 Å². The van der Waals surface area contributed by atoms with Crippen LogP contribution in [-0.2, 0) is 5.41 Å². The van der Waals surface area contributed by atoms with E-state index in [1.165, 1.54) is 0 Å². The molecule has 3 rings (SSSR count). The molecule has 1 amide bonds. The predicted octanol–water partition coefficient (Wildman–Crippen LogP) is 2.30. The van der Waals surface area contributed by atoms with E-state index in [2.05, 4.69) is 36.1 Å². The summed E-state index contributed by atoms with van der Waals surface area (Å²) in [7, 11) is 0. The number of H-pyrrole nitrogens is 1. The van der Waals surface area contributed by atoms with Crippen LogP contribution in [0.1, 0.15) is 55.0 Å². The molecule has 22 heavy (non-hydrogen) atoms. The monoisotopic (exact) mass is 301 g/mol. The molecule has 1 saturated heterocycles. The minimum atomic E-state index is -0.0360. The smallest absolute Gasteiger partial charge is 0.274 e. The Kier molecular flexibility index (Phi) is 3.54. The average molecular weight is 301 g/mol. The van der Waals surface area contributed by atoms with Crippen LogP contribution in [-0.4, -0.2) is 43.9 Å². The Labute approximate surface area is 130 Å². The standard InChI is InChI=1S/C16H23N5O/c1-11-8-17-21(9-11)12-5-6-20(10-12)15(22)13-7-14(19-18-13)16(2,3)4/h7-9,12H,5-6,10H2,1-4H3,(H,18,19). The summed E-state index contributed by atoms with van der Waals surface area (Å²) in [5.74, 6) is -0.00173. The summed E-state index contributed by atoms with van der Waals surface area (Å²) in [5.41, 5.74) is 2.59. The maximum absolute atomic E-state index is 12.6. The molecule has 3 heterocycles. The Morgan fingerprint density at radius 3 is 2.77 bits per heavy atom. The number of rotatable bonds is 2. The number of aromatic amines is 1. The van der Waals surface area contributed by atoms with Gasteiger partial charge in [0.15, 0.2) is 0 Å². The van der Waals surface area contributed by atoms with Crippen molar-refractivity contribution in [3.05, 3.63) is 35.4 Å². The third-order valence-corrected chi connectivity index (χ3v) is 4.16. The minimum absolute atomic E-state index is 0.00173. The number of nitrogens with zero attached hydrogens (tertiary/aromatic N) is 4. The van der Waals surface area contributed by atoms with E-state index in [1.807, 2.05) is 35.0 Å². The summed E-state index contributed by atoms with van der Waals surface area (Å²) >= 11 is 0. The fraction of sp³-hybridized carbons (Fsp3) is 0.562. The van der Waals surface area contributed by atoms with Crippen molar-refractivity contribution in [2.24, 2.45) is 0 Å². The van der Waals surface area contributed by atoms with E-state index in [0.29, 0.717) is 12.2 Å². The maximum Gasteiger partial charge on any atom is 0.274 e. The van der Waals surface area contributed by atoms with Gasteiger partial charge in [0, 0.05) is 30.4 Å². The Hall–Kier alpha value is -2.11. The Balaban J connectivity index is 1.70. The number of likely N-dealkylation sites (tertiary alicyclic amines) is 1. The molecule has 0 aliphatic carbocycles. The van der Waals surface area contributed by atoms with E-state index in [9.17, 15) is 4.79 Å². The lowest BCUT2D eigenvalue weighted by molar-refractivity contribution is 0.0781. The number of aryl methyl sites for hydroxylation is 1. The first kappa shape index (κ1) is 14.8. The molecule has 0 spiro atoms. The average Bonchev–Trinajstić information content (AvgIpc) is 3.16. The van der Waals surface area contributed by atoms with Crippen LogP contribution in [0.2, 0.25) is 0 Å². The van der Waals surface area contributed by atoms with Crippen LogP contribution in [0, 0.1) is 6.92 Å². The third kappa shape index (κ3) is 2.77. The van der Waals surface area contributed by atoms with Crippen molar-refractivity contribution in [3.8, 4) is 0 Å². The maximum atomic E-state index is 12.6. The molecule has 1 aliphatic heterocycles. The van der Waals surface area contributed by atoms with Crippen LogP contribution >= 0.6 is 0 Å². The first-order valence-corrected chi connectivity index (χ1v) is 7.70. The lowest BCUT2D eigenvalue weighted by atomic mass is 9.92. The highest BCUT2D eigenvalue weighted by atomic mass is 16.2. The molecule has 2 aromatic heterocycles. The fourth-order valence-electron chi connectivity index (χ4n) is 2.75. The Morgan fingerprint density at radius 1 is 1.41 bits per heavy atom. The molecule has 6 nitrogen and oxygen atoms in total. The van der Waals surface area contributed by atoms with Crippen LogP contribution in [0.15, 0.2) is 18.5 Å². The van der Waals surface area contributed by atoms with Gasteiger partial charge in [0.1, 0.15) is 5.69 Å². The van der Waals surface area contributed by atoms with Crippen LogP contribution in [0.3, 0.4) is 0 Å². The first-order chi connectivity index (χ1) is 10.3. The Morgan fingerprint density at radius 2 is 2.18 bits per heavy atom. The summed E-state index contributed by atoms with van der Waals surface area (Å²) < 4.78 is 1.97. The van der Waals surface area contributed by atoms with E-state index in [1.54, 1.807) is 0 Å². The predicted molar refractivity (Wildman–Crippen MR) is 83.8 cm³/mol. The highest BCUT2D eigenvalue weighted by Gasteiger charge is 2.30. The molecule has 1 unspecified atom stereocenters. The zero-order valence-corrected chi connectivity index (χ0v) is 13.6. The number of nitrogens with one attached hydrogen (secondary N) is 1. The van der Waals surface area contributed by atoms with Gasteiger partial charge in [-0.1, -0.05) is 20.8 Å². The SMILES string of the molecule is Cc1cnn(C2CCN(C(=O)c3cc(C(C)(C)C)[nH]n3)C2)c1. The van der Waals surface area contributed by atoms with Crippen molar-refractivity contribution < 1.29 is 4.79 Å². The molecule has 118 valence electrons. The molecule has 2 aromatic rings. The van der Waals surface area contributed by atoms with E-state index < -0.39 is 0 Å². The van der Waals surface area contributed by atoms with Crippen molar-refractivity contribution in [2.45, 2.75) is 45.6 Å². The van der Waals surface area contributed by atoms with Gasteiger partial charge in [0.25, 0.3) is 5.91 Å². The lowest BCUT2D eigenvalue weighted by Crippen LogP contribution is -2.29. The second kappa shape index (κ2) is 5.26. The molecule has 1 aliphatic rings. The van der Waals surface area contributed by atoms with Crippen LogP contribution in [0.25, 0.3) is 0 Å². The van der Waals surface area contributed by atoms with Crippen molar-refractivity contribution in [3.63, 3.8) is 0 Å². The third-order valence-electron chi connectivity index (χ3n) is 4.16. The number of hydrogen-bond donors (Lipinski definition) is 1. The molecule has 0 radical (unpaired) electrons. The van der Waals surface area contributed by atoms with Crippen molar-refractivity contribution in [1.82, 2.24) is 24.9 Å². The van der Waals surface area contributed by atoms with Crippen LogP contribution in [0.5, 0.6) is 0 Å². The van der Waals surface area contributed by atoms with E-state index >= 15 is 0 Å².